The van der Waals surface area contributed by atoms with Crippen LogP contribution in [0.25, 0.3) is 5.65 Å². The van der Waals surface area contributed by atoms with Crippen LogP contribution in [-0.2, 0) is 4.74 Å². The van der Waals surface area contributed by atoms with Crippen LogP contribution in [0.15, 0.2) is 18.6 Å². The number of carbonyl (C=O) groups is 1. The zero-order valence-electron chi connectivity index (χ0n) is 10.2. The second-order valence-electron chi connectivity index (χ2n) is 4.55. The Labute approximate surface area is 109 Å². The number of nitrogens with one attached hydrogen (secondary N) is 1. The maximum absolute atomic E-state index is 10.9. The van der Waals surface area contributed by atoms with Crippen molar-refractivity contribution >= 4 is 17.4 Å². The standard InChI is InChI=1S/C12H14N4O3/c17-12(18)9-6-16-3-2-13-10(11(16)15-9)14-5-8-1-4-19-7-8/h2-3,6,8H,1,4-5,7H2,(H,13,14)(H,17,18). The largest absolute Gasteiger partial charge is 0.476 e. The molecule has 2 N–H and O–H groups in total. The molecule has 3 rings (SSSR count). The molecule has 1 atom stereocenters. The lowest BCUT2D eigenvalue weighted by Crippen LogP contribution is -2.15. The highest BCUT2D eigenvalue weighted by Crippen LogP contribution is 2.16. The van der Waals surface area contributed by atoms with Crippen LogP contribution in [-0.4, -0.2) is 45.2 Å². The molecule has 0 aromatic carbocycles. The lowest BCUT2D eigenvalue weighted by molar-refractivity contribution is 0.0691. The molecule has 0 spiro atoms. The molecule has 7 nitrogen and oxygen atoms in total. The second-order valence-corrected chi connectivity index (χ2v) is 4.55. The summed E-state index contributed by atoms with van der Waals surface area (Å²) in [6.07, 6.45) is 5.81. The summed E-state index contributed by atoms with van der Waals surface area (Å²) in [5.74, 6) is 0.0247. The van der Waals surface area contributed by atoms with E-state index in [1.807, 2.05) is 0 Å². The van der Waals surface area contributed by atoms with Gasteiger partial charge in [0.25, 0.3) is 0 Å². The van der Waals surface area contributed by atoms with Crippen molar-refractivity contribution in [3.63, 3.8) is 0 Å². The molecule has 3 heterocycles. The highest BCUT2D eigenvalue weighted by Gasteiger charge is 2.17. The van der Waals surface area contributed by atoms with E-state index in [2.05, 4.69) is 15.3 Å². The topological polar surface area (TPSA) is 88.8 Å². The molecule has 0 saturated carbocycles. The average molecular weight is 262 g/mol. The number of fused-ring (bicyclic) bond motifs is 1. The van der Waals surface area contributed by atoms with Gasteiger partial charge in [-0.25, -0.2) is 14.8 Å². The molecule has 2 aromatic heterocycles. The van der Waals surface area contributed by atoms with Gasteiger partial charge in [0.1, 0.15) is 0 Å². The van der Waals surface area contributed by atoms with Crippen LogP contribution >= 0.6 is 0 Å². The number of aromatic nitrogens is 3. The molecule has 7 heteroatoms. The number of carboxylic acids is 1. The fourth-order valence-electron chi connectivity index (χ4n) is 2.13. The first-order chi connectivity index (χ1) is 9.24. The lowest BCUT2D eigenvalue weighted by Gasteiger charge is -2.10. The molecular weight excluding hydrogens is 248 g/mol. The van der Waals surface area contributed by atoms with Crippen molar-refractivity contribution in [2.45, 2.75) is 6.42 Å². The van der Waals surface area contributed by atoms with Crippen LogP contribution in [0.2, 0.25) is 0 Å². The SMILES string of the molecule is O=C(O)c1cn2ccnc(NCC3CCOC3)c2n1. The van der Waals surface area contributed by atoms with Gasteiger partial charge in [0, 0.05) is 37.7 Å². The summed E-state index contributed by atoms with van der Waals surface area (Å²) in [4.78, 5) is 19.2. The van der Waals surface area contributed by atoms with Gasteiger partial charge in [-0.3, -0.25) is 0 Å². The molecule has 19 heavy (non-hydrogen) atoms. The third-order valence-electron chi connectivity index (χ3n) is 3.18. The molecule has 0 amide bonds. The van der Waals surface area contributed by atoms with Crippen LogP contribution in [0.4, 0.5) is 5.82 Å². The number of hydrogen-bond acceptors (Lipinski definition) is 5. The van der Waals surface area contributed by atoms with Crippen molar-refractivity contribution in [1.29, 1.82) is 0 Å². The first-order valence-electron chi connectivity index (χ1n) is 6.12. The van der Waals surface area contributed by atoms with Gasteiger partial charge in [0.2, 0.25) is 0 Å². The van der Waals surface area contributed by atoms with E-state index in [0.29, 0.717) is 17.4 Å². The van der Waals surface area contributed by atoms with Crippen molar-refractivity contribution in [2.75, 3.05) is 25.1 Å². The Morgan fingerprint density at radius 2 is 2.53 bits per heavy atom. The van der Waals surface area contributed by atoms with E-state index in [1.54, 1.807) is 16.8 Å². The predicted molar refractivity (Wildman–Crippen MR) is 67.4 cm³/mol. The first kappa shape index (κ1) is 11.9. The van der Waals surface area contributed by atoms with E-state index in [0.717, 1.165) is 26.2 Å². The van der Waals surface area contributed by atoms with Crippen LogP contribution in [0.5, 0.6) is 0 Å². The normalized spacial score (nSPS) is 18.8. The molecule has 0 radical (unpaired) electrons. The van der Waals surface area contributed by atoms with Crippen molar-refractivity contribution in [2.24, 2.45) is 5.92 Å². The van der Waals surface area contributed by atoms with Gasteiger partial charge in [-0.15, -0.1) is 0 Å². The molecule has 1 aliphatic rings. The quantitative estimate of drug-likeness (QED) is 0.850. The predicted octanol–water partition coefficient (Wildman–Crippen LogP) is 0.876. The highest BCUT2D eigenvalue weighted by molar-refractivity contribution is 5.86. The highest BCUT2D eigenvalue weighted by atomic mass is 16.5. The Kier molecular flexibility index (Phi) is 3.04. The van der Waals surface area contributed by atoms with Crippen LogP contribution < -0.4 is 5.32 Å². The summed E-state index contributed by atoms with van der Waals surface area (Å²) < 4.78 is 6.97. The first-order valence-corrected chi connectivity index (χ1v) is 6.12. The Balaban J connectivity index is 1.83. The number of anilines is 1. The van der Waals surface area contributed by atoms with Crippen molar-refractivity contribution in [1.82, 2.24) is 14.4 Å². The number of ether oxygens (including phenoxy) is 1. The van der Waals surface area contributed by atoms with Gasteiger partial charge in [-0.1, -0.05) is 0 Å². The summed E-state index contributed by atoms with van der Waals surface area (Å²) >= 11 is 0. The minimum Gasteiger partial charge on any atom is -0.476 e. The lowest BCUT2D eigenvalue weighted by atomic mass is 10.1. The van der Waals surface area contributed by atoms with E-state index in [4.69, 9.17) is 9.84 Å². The molecule has 1 aliphatic heterocycles. The van der Waals surface area contributed by atoms with Crippen molar-refractivity contribution < 1.29 is 14.6 Å². The second kappa shape index (κ2) is 4.85. The summed E-state index contributed by atoms with van der Waals surface area (Å²) in [7, 11) is 0. The number of nitrogens with zero attached hydrogens (tertiary/aromatic N) is 3. The summed E-state index contributed by atoms with van der Waals surface area (Å²) in [6.45, 7) is 2.31. The Morgan fingerprint density at radius 3 is 3.26 bits per heavy atom. The van der Waals surface area contributed by atoms with Gasteiger partial charge in [-0.05, 0) is 6.42 Å². The van der Waals surface area contributed by atoms with Gasteiger partial charge < -0.3 is 19.6 Å². The van der Waals surface area contributed by atoms with Crippen molar-refractivity contribution in [3.05, 3.63) is 24.3 Å². The molecule has 1 unspecified atom stereocenters. The Hall–Kier alpha value is -2.15. The van der Waals surface area contributed by atoms with Gasteiger partial charge in [0.15, 0.2) is 17.2 Å². The maximum Gasteiger partial charge on any atom is 0.356 e. The molecule has 0 aliphatic carbocycles. The monoisotopic (exact) mass is 262 g/mol. The zero-order chi connectivity index (χ0) is 13.2. The number of aromatic carboxylic acids is 1. The number of hydrogen-bond donors (Lipinski definition) is 2. The Morgan fingerprint density at radius 1 is 1.63 bits per heavy atom. The van der Waals surface area contributed by atoms with E-state index < -0.39 is 5.97 Å². The fourth-order valence-corrected chi connectivity index (χ4v) is 2.13. The summed E-state index contributed by atoms with van der Waals surface area (Å²) in [5.41, 5.74) is 0.541. The van der Waals surface area contributed by atoms with E-state index in [-0.39, 0.29) is 5.69 Å². The van der Waals surface area contributed by atoms with Gasteiger partial charge in [-0.2, -0.15) is 0 Å². The van der Waals surface area contributed by atoms with Crippen molar-refractivity contribution in [3.8, 4) is 0 Å². The third-order valence-corrected chi connectivity index (χ3v) is 3.18. The van der Waals surface area contributed by atoms with Crippen LogP contribution in [0, 0.1) is 5.92 Å². The molecule has 1 fully saturated rings. The molecular formula is C12H14N4O3. The maximum atomic E-state index is 10.9. The Bertz CT molecular complexity index is 604. The molecule has 2 aromatic rings. The van der Waals surface area contributed by atoms with Gasteiger partial charge >= 0.3 is 5.97 Å². The molecule has 1 saturated heterocycles. The number of carboxylic acid groups (broad SMARTS) is 1. The summed E-state index contributed by atoms with van der Waals surface area (Å²) in [6, 6.07) is 0. The molecule has 100 valence electrons. The smallest absolute Gasteiger partial charge is 0.356 e. The minimum absolute atomic E-state index is 0.0141. The van der Waals surface area contributed by atoms with E-state index in [1.165, 1.54) is 6.20 Å². The van der Waals surface area contributed by atoms with Gasteiger partial charge in [0.05, 0.1) is 6.61 Å². The average Bonchev–Trinajstić information content (AvgIpc) is 3.05. The molecule has 0 bridgehead atoms. The summed E-state index contributed by atoms with van der Waals surface area (Å²) in [5, 5.41) is 12.2. The van der Waals surface area contributed by atoms with Crippen LogP contribution in [0.1, 0.15) is 16.9 Å². The number of imidazole rings is 1. The zero-order valence-corrected chi connectivity index (χ0v) is 10.2. The third kappa shape index (κ3) is 2.37. The van der Waals surface area contributed by atoms with E-state index in [9.17, 15) is 4.79 Å². The fraction of sp³-hybridized carbons (Fsp3) is 0.417. The number of rotatable bonds is 4. The van der Waals surface area contributed by atoms with E-state index >= 15 is 0 Å². The minimum atomic E-state index is -1.04. The van der Waals surface area contributed by atoms with Crippen LogP contribution in [0.3, 0.4) is 0 Å².